The molecular formula is C23H27NO4. The third-order valence-electron chi connectivity index (χ3n) is 5.43. The van der Waals surface area contributed by atoms with Crippen LogP contribution in [0.1, 0.15) is 49.8 Å². The average Bonchev–Trinajstić information content (AvgIpc) is 3.22. The molecule has 5 nitrogen and oxygen atoms in total. The number of ether oxygens (including phenoxy) is 3. The molecule has 1 atom stereocenters. The first-order valence-electron chi connectivity index (χ1n) is 10.0. The zero-order valence-corrected chi connectivity index (χ0v) is 16.5. The molecule has 1 fully saturated rings. The number of fused-ring (bicyclic) bond motifs is 1. The van der Waals surface area contributed by atoms with Gasteiger partial charge in [0.15, 0.2) is 18.1 Å². The summed E-state index contributed by atoms with van der Waals surface area (Å²) in [5.41, 5.74) is 2.35. The molecule has 1 saturated heterocycles. The number of nitrogens with zero attached hydrogens (tertiary/aromatic N) is 1. The highest BCUT2D eigenvalue weighted by molar-refractivity contribution is 5.78. The Hall–Kier alpha value is -2.69. The minimum absolute atomic E-state index is 0.0188. The molecule has 0 N–H and O–H groups in total. The second kappa shape index (κ2) is 8.13. The molecule has 0 aliphatic carbocycles. The van der Waals surface area contributed by atoms with E-state index >= 15 is 0 Å². The van der Waals surface area contributed by atoms with Crippen LogP contribution in [0.4, 0.5) is 0 Å². The van der Waals surface area contributed by atoms with Gasteiger partial charge in [-0.05, 0) is 54.2 Å². The molecule has 1 unspecified atom stereocenters. The molecule has 2 aliphatic rings. The van der Waals surface area contributed by atoms with Crippen LogP contribution in [-0.4, -0.2) is 37.2 Å². The Kier molecular flexibility index (Phi) is 5.42. The topological polar surface area (TPSA) is 48.0 Å². The Morgan fingerprint density at radius 3 is 2.61 bits per heavy atom. The Bertz CT molecular complexity index is 831. The molecule has 1 amide bonds. The van der Waals surface area contributed by atoms with Crippen molar-refractivity contribution in [2.45, 2.75) is 38.6 Å². The van der Waals surface area contributed by atoms with E-state index in [-0.39, 0.29) is 18.6 Å². The lowest BCUT2D eigenvalue weighted by Crippen LogP contribution is -2.34. The maximum Gasteiger partial charge on any atom is 0.261 e. The van der Waals surface area contributed by atoms with Gasteiger partial charge in [-0.3, -0.25) is 4.79 Å². The number of hydrogen-bond donors (Lipinski definition) is 0. The number of rotatable bonds is 5. The highest BCUT2D eigenvalue weighted by Crippen LogP contribution is 2.38. The second-order valence-electron chi connectivity index (χ2n) is 7.66. The summed E-state index contributed by atoms with van der Waals surface area (Å²) in [6.45, 7) is 6.27. The van der Waals surface area contributed by atoms with Crippen LogP contribution < -0.4 is 14.2 Å². The Morgan fingerprint density at radius 1 is 1.11 bits per heavy atom. The highest BCUT2D eigenvalue weighted by Gasteiger charge is 2.31. The van der Waals surface area contributed by atoms with Crippen molar-refractivity contribution in [2.24, 2.45) is 0 Å². The third kappa shape index (κ3) is 3.93. The minimum Gasteiger partial charge on any atom is -0.486 e. The summed E-state index contributed by atoms with van der Waals surface area (Å²) in [5, 5.41) is 0. The molecule has 28 heavy (non-hydrogen) atoms. The monoisotopic (exact) mass is 381 g/mol. The first kappa shape index (κ1) is 18.7. The van der Waals surface area contributed by atoms with Crippen LogP contribution in [0.3, 0.4) is 0 Å². The van der Waals surface area contributed by atoms with Gasteiger partial charge >= 0.3 is 0 Å². The van der Waals surface area contributed by atoms with Crippen molar-refractivity contribution in [1.82, 2.24) is 4.90 Å². The standard InChI is InChI=1S/C23H27NO4/c1-16(2)17-5-8-19(9-6-17)28-15-23(25)24-11-3-4-20(24)18-7-10-21-22(14-18)27-13-12-26-21/h5-10,14,16,20H,3-4,11-13,15H2,1-2H3. The number of benzene rings is 2. The van der Waals surface area contributed by atoms with Crippen LogP contribution in [0.5, 0.6) is 17.2 Å². The Balaban J connectivity index is 1.41. The first-order chi connectivity index (χ1) is 13.6. The fourth-order valence-corrected chi connectivity index (χ4v) is 3.86. The lowest BCUT2D eigenvalue weighted by Gasteiger charge is -2.26. The summed E-state index contributed by atoms with van der Waals surface area (Å²) in [5.74, 6) is 2.77. The molecule has 0 aromatic heterocycles. The van der Waals surface area contributed by atoms with Crippen molar-refractivity contribution >= 4 is 5.91 Å². The van der Waals surface area contributed by atoms with Gasteiger partial charge < -0.3 is 19.1 Å². The van der Waals surface area contributed by atoms with Crippen LogP contribution in [0.2, 0.25) is 0 Å². The van der Waals surface area contributed by atoms with E-state index in [4.69, 9.17) is 14.2 Å². The smallest absolute Gasteiger partial charge is 0.261 e. The van der Waals surface area contributed by atoms with Gasteiger partial charge in [-0.15, -0.1) is 0 Å². The van der Waals surface area contributed by atoms with Crippen molar-refractivity contribution in [3.05, 3.63) is 53.6 Å². The van der Waals surface area contributed by atoms with Gasteiger partial charge in [-0.2, -0.15) is 0 Å². The van der Waals surface area contributed by atoms with E-state index in [0.29, 0.717) is 19.1 Å². The molecular weight excluding hydrogens is 354 g/mol. The van der Waals surface area contributed by atoms with Gasteiger partial charge in [0.25, 0.3) is 5.91 Å². The van der Waals surface area contributed by atoms with Crippen molar-refractivity contribution in [3.63, 3.8) is 0 Å². The van der Waals surface area contributed by atoms with E-state index in [1.807, 2.05) is 35.2 Å². The van der Waals surface area contributed by atoms with E-state index < -0.39 is 0 Å². The fourth-order valence-electron chi connectivity index (χ4n) is 3.86. The lowest BCUT2D eigenvalue weighted by molar-refractivity contribution is -0.134. The third-order valence-corrected chi connectivity index (χ3v) is 5.43. The SMILES string of the molecule is CC(C)c1ccc(OCC(=O)N2CCCC2c2ccc3c(c2)OCCO3)cc1. The molecule has 4 rings (SSSR count). The lowest BCUT2D eigenvalue weighted by atomic mass is 10.0. The summed E-state index contributed by atoms with van der Waals surface area (Å²) in [7, 11) is 0. The van der Waals surface area contributed by atoms with Crippen LogP contribution >= 0.6 is 0 Å². The molecule has 0 spiro atoms. The van der Waals surface area contributed by atoms with E-state index in [0.717, 1.165) is 42.2 Å². The maximum absolute atomic E-state index is 12.8. The molecule has 2 aromatic rings. The van der Waals surface area contributed by atoms with Gasteiger partial charge in [0.1, 0.15) is 19.0 Å². The van der Waals surface area contributed by atoms with Crippen LogP contribution in [0.15, 0.2) is 42.5 Å². The normalized spacial score (nSPS) is 18.4. The van der Waals surface area contributed by atoms with Crippen LogP contribution in [0.25, 0.3) is 0 Å². The number of hydrogen-bond acceptors (Lipinski definition) is 4. The molecule has 0 radical (unpaired) electrons. The number of likely N-dealkylation sites (tertiary alicyclic amines) is 1. The maximum atomic E-state index is 12.8. The molecule has 5 heteroatoms. The van der Waals surface area contributed by atoms with Crippen molar-refractivity contribution < 1.29 is 19.0 Å². The average molecular weight is 381 g/mol. The molecule has 148 valence electrons. The molecule has 2 aliphatic heterocycles. The highest BCUT2D eigenvalue weighted by atomic mass is 16.6. The largest absolute Gasteiger partial charge is 0.486 e. The Labute approximate surface area is 166 Å². The minimum atomic E-state index is 0.0188. The summed E-state index contributed by atoms with van der Waals surface area (Å²) in [4.78, 5) is 14.7. The summed E-state index contributed by atoms with van der Waals surface area (Å²) in [6.07, 6.45) is 1.95. The zero-order valence-electron chi connectivity index (χ0n) is 16.5. The molecule has 2 heterocycles. The van der Waals surface area contributed by atoms with Gasteiger partial charge in [-0.1, -0.05) is 32.0 Å². The number of carbonyl (C=O) groups is 1. The van der Waals surface area contributed by atoms with E-state index in [9.17, 15) is 4.79 Å². The molecule has 2 aromatic carbocycles. The van der Waals surface area contributed by atoms with Crippen molar-refractivity contribution in [1.29, 1.82) is 0 Å². The van der Waals surface area contributed by atoms with Gasteiger partial charge in [0.05, 0.1) is 6.04 Å². The van der Waals surface area contributed by atoms with Crippen LogP contribution in [-0.2, 0) is 4.79 Å². The van der Waals surface area contributed by atoms with Gasteiger partial charge in [0.2, 0.25) is 0 Å². The Morgan fingerprint density at radius 2 is 1.86 bits per heavy atom. The van der Waals surface area contributed by atoms with Gasteiger partial charge in [-0.25, -0.2) is 0 Å². The summed E-state index contributed by atoms with van der Waals surface area (Å²) < 4.78 is 17.1. The van der Waals surface area contributed by atoms with Crippen LogP contribution in [0, 0.1) is 0 Å². The van der Waals surface area contributed by atoms with E-state index in [1.165, 1.54) is 5.56 Å². The molecule has 0 saturated carbocycles. The first-order valence-corrected chi connectivity index (χ1v) is 10.0. The number of amides is 1. The predicted octanol–water partition coefficient (Wildman–Crippen LogP) is 4.32. The van der Waals surface area contributed by atoms with E-state index in [2.05, 4.69) is 26.0 Å². The quantitative estimate of drug-likeness (QED) is 0.774. The predicted molar refractivity (Wildman–Crippen MR) is 107 cm³/mol. The van der Waals surface area contributed by atoms with Crippen molar-refractivity contribution in [3.8, 4) is 17.2 Å². The zero-order chi connectivity index (χ0) is 19.5. The summed E-state index contributed by atoms with van der Waals surface area (Å²) in [6, 6.07) is 14.0. The van der Waals surface area contributed by atoms with E-state index in [1.54, 1.807) is 0 Å². The van der Waals surface area contributed by atoms with Crippen molar-refractivity contribution in [2.75, 3.05) is 26.4 Å². The van der Waals surface area contributed by atoms with Gasteiger partial charge in [0, 0.05) is 6.54 Å². The fraction of sp³-hybridized carbons (Fsp3) is 0.435. The summed E-state index contributed by atoms with van der Waals surface area (Å²) >= 11 is 0. The molecule has 0 bridgehead atoms. The number of carbonyl (C=O) groups excluding carboxylic acids is 1. The second-order valence-corrected chi connectivity index (χ2v) is 7.66.